The summed E-state index contributed by atoms with van der Waals surface area (Å²) in [6, 6.07) is 13.5. The first kappa shape index (κ1) is 24.1. The van der Waals surface area contributed by atoms with Crippen LogP contribution in [0.4, 0.5) is 5.69 Å². The predicted molar refractivity (Wildman–Crippen MR) is 123 cm³/mol. The molecule has 0 spiro atoms. The van der Waals surface area contributed by atoms with Crippen LogP contribution in [0.3, 0.4) is 0 Å². The molecule has 0 radical (unpaired) electrons. The lowest BCUT2D eigenvalue weighted by Gasteiger charge is -2.11. The molecule has 1 heterocycles. The van der Waals surface area contributed by atoms with Crippen LogP contribution >= 0.6 is 11.8 Å². The van der Waals surface area contributed by atoms with Gasteiger partial charge in [0.15, 0.2) is 6.61 Å². The van der Waals surface area contributed by atoms with Crippen molar-refractivity contribution in [2.24, 2.45) is 0 Å². The zero-order chi connectivity index (χ0) is 23.8. The van der Waals surface area contributed by atoms with Crippen molar-refractivity contribution in [1.29, 1.82) is 0 Å². The van der Waals surface area contributed by atoms with E-state index in [2.05, 4.69) is 10.5 Å². The molecule has 0 bridgehead atoms. The number of carbonyl (C=O) groups excluding carboxylic acids is 3. The van der Waals surface area contributed by atoms with Gasteiger partial charge in [-0.3, -0.25) is 4.79 Å². The standard InChI is InChI=1S/C24H24N2O6S/c1-4-30-23(28)17-9-5-7-11-20(17)25-22(27)13-31-24(29)18-10-6-8-12-21(18)33-14-19-15(2)26-32-16(19)3/h5-12H,4,13-14H2,1-3H3,(H,25,27). The number of esters is 2. The Morgan fingerprint density at radius 3 is 2.33 bits per heavy atom. The second-order valence-corrected chi connectivity index (χ2v) is 8.00. The molecule has 3 rings (SSSR count). The fourth-order valence-electron chi connectivity index (χ4n) is 2.99. The molecule has 33 heavy (non-hydrogen) atoms. The number of carbonyl (C=O) groups is 3. The lowest BCUT2D eigenvalue weighted by atomic mass is 10.2. The van der Waals surface area contributed by atoms with Crippen LogP contribution in [-0.2, 0) is 20.0 Å². The van der Waals surface area contributed by atoms with E-state index >= 15 is 0 Å². The summed E-state index contributed by atoms with van der Waals surface area (Å²) in [5.41, 5.74) is 2.64. The molecule has 1 aromatic heterocycles. The highest BCUT2D eigenvalue weighted by atomic mass is 32.2. The number of thioether (sulfide) groups is 1. The van der Waals surface area contributed by atoms with Crippen molar-refractivity contribution in [3.63, 3.8) is 0 Å². The molecule has 0 saturated carbocycles. The number of nitrogens with one attached hydrogen (secondary N) is 1. The molecule has 0 aliphatic rings. The molecule has 0 atom stereocenters. The third-order valence-electron chi connectivity index (χ3n) is 4.69. The average Bonchev–Trinajstić information content (AvgIpc) is 3.13. The molecule has 9 heteroatoms. The molecule has 0 aliphatic heterocycles. The van der Waals surface area contributed by atoms with Gasteiger partial charge in [-0.1, -0.05) is 29.4 Å². The summed E-state index contributed by atoms with van der Waals surface area (Å²) in [5, 5.41) is 6.53. The molecule has 1 amide bonds. The maximum absolute atomic E-state index is 12.7. The quantitative estimate of drug-likeness (QED) is 0.360. The van der Waals surface area contributed by atoms with Gasteiger partial charge in [0.1, 0.15) is 5.76 Å². The van der Waals surface area contributed by atoms with Gasteiger partial charge in [0, 0.05) is 16.2 Å². The lowest BCUT2D eigenvalue weighted by Crippen LogP contribution is -2.22. The Hall–Kier alpha value is -3.59. The number of anilines is 1. The molecular formula is C24H24N2O6S. The van der Waals surface area contributed by atoms with Gasteiger partial charge in [-0.25, -0.2) is 9.59 Å². The van der Waals surface area contributed by atoms with Gasteiger partial charge in [-0.15, -0.1) is 11.8 Å². The zero-order valence-corrected chi connectivity index (χ0v) is 19.4. The Kier molecular flexibility index (Phi) is 8.26. The average molecular weight is 469 g/mol. The first-order chi connectivity index (χ1) is 15.9. The Bertz CT molecular complexity index is 1140. The molecule has 1 N–H and O–H groups in total. The van der Waals surface area contributed by atoms with Gasteiger partial charge in [-0.2, -0.15) is 0 Å². The topological polar surface area (TPSA) is 108 Å². The Balaban J connectivity index is 1.61. The number of para-hydroxylation sites is 1. The number of hydrogen-bond donors (Lipinski definition) is 1. The van der Waals surface area contributed by atoms with Crippen molar-refractivity contribution in [1.82, 2.24) is 5.16 Å². The number of amides is 1. The third kappa shape index (κ3) is 6.23. The van der Waals surface area contributed by atoms with Crippen LogP contribution in [-0.4, -0.2) is 36.2 Å². The maximum Gasteiger partial charge on any atom is 0.340 e. The van der Waals surface area contributed by atoms with Crippen LogP contribution in [0.5, 0.6) is 0 Å². The third-order valence-corrected chi connectivity index (χ3v) is 5.79. The van der Waals surface area contributed by atoms with Crippen molar-refractivity contribution < 1.29 is 28.4 Å². The summed E-state index contributed by atoms with van der Waals surface area (Å²) < 4.78 is 15.4. The number of aryl methyl sites for hydroxylation is 2. The second-order valence-electron chi connectivity index (χ2n) is 6.98. The van der Waals surface area contributed by atoms with Crippen molar-refractivity contribution in [3.8, 4) is 0 Å². The van der Waals surface area contributed by atoms with Crippen LogP contribution in [0.1, 0.15) is 44.7 Å². The zero-order valence-electron chi connectivity index (χ0n) is 18.5. The molecular weight excluding hydrogens is 444 g/mol. The lowest BCUT2D eigenvalue weighted by molar-refractivity contribution is -0.119. The van der Waals surface area contributed by atoms with E-state index in [0.29, 0.717) is 11.3 Å². The van der Waals surface area contributed by atoms with Crippen LogP contribution in [0.15, 0.2) is 57.9 Å². The smallest absolute Gasteiger partial charge is 0.340 e. The SMILES string of the molecule is CCOC(=O)c1ccccc1NC(=O)COC(=O)c1ccccc1SCc1c(C)noc1C. The number of hydrogen-bond acceptors (Lipinski definition) is 8. The van der Waals surface area contributed by atoms with E-state index in [1.165, 1.54) is 11.8 Å². The van der Waals surface area contributed by atoms with Crippen LogP contribution in [0.25, 0.3) is 0 Å². The minimum absolute atomic E-state index is 0.215. The summed E-state index contributed by atoms with van der Waals surface area (Å²) >= 11 is 1.46. The van der Waals surface area contributed by atoms with Crippen LogP contribution < -0.4 is 5.32 Å². The Labute approximate surface area is 195 Å². The van der Waals surface area contributed by atoms with E-state index in [1.54, 1.807) is 43.3 Å². The van der Waals surface area contributed by atoms with Gasteiger partial charge < -0.3 is 19.3 Å². The monoisotopic (exact) mass is 468 g/mol. The fraction of sp³-hybridized carbons (Fsp3) is 0.250. The first-order valence-electron chi connectivity index (χ1n) is 10.3. The van der Waals surface area contributed by atoms with Gasteiger partial charge in [0.05, 0.1) is 29.1 Å². The van der Waals surface area contributed by atoms with E-state index in [0.717, 1.165) is 21.9 Å². The Morgan fingerprint density at radius 2 is 1.64 bits per heavy atom. The minimum Gasteiger partial charge on any atom is -0.462 e. The largest absolute Gasteiger partial charge is 0.462 e. The number of nitrogens with zero attached hydrogens (tertiary/aromatic N) is 1. The summed E-state index contributed by atoms with van der Waals surface area (Å²) in [4.78, 5) is 37.8. The van der Waals surface area contributed by atoms with E-state index in [4.69, 9.17) is 14.0 Å². The second kappa shape index (κ2) is 11.3. The highest BCUT2D eigenvalue weighted by Crippen LogP contribution is 2.29. The molecule has 8 nitrogen and oxygen atoms in total. The summed E-state index contributed by atoms with van der Waals surface area (Å²) in [7, 11) is 0. The summed E-state index contributed by atoms with van der Waals surface area (Å²) in [6.07, 6.45) is 0. The fourth-order valence-corrected chi connectivity index (χ4v) is 4.19. The number of aromatic nitrogens is 1. The van der Waals surface area contributed by atoms with E-state index < -0.39 is 24.5 Å². The minimum atomic E-state index is -0.620. The normalized spacial score (nSPS) is 10.5. The molecule has 0 unspecified atom stereocenters. The number of benzene rings is 2. The van der Waals surface area contributed by atoms with E-state index in [1.807, 2.05) is 26.0 Å². The van der Waals surface area contributed by atoms with E-state index in [-0.39, 0.29) is 17.9 Å². The molecule has 0 aliphatic carbocycles. The number of ether oxygens (including phenoxy) is 2. The van der Waals surface area contributed by atoms with Crippen LogP contribution in [0, 0.1) is 13.8 Å². The Morgan fingerprint density at radius 1 is 0.970 bits per heavy atom. The highest BCUT2D eigenvalue weighted by Gasteiger charge is 2.18. The van der Waals surface area contributed by atoms with Crippen molar-refractivity contribution in [2.75, 3.05) is 18.5 Å². The molecule has 172 valence electrons. The van der Waals surface area contributed by atoms with Gasteiger partial charge in [0.25, 0.3) is 5.91 Å². The molecule has 0 fully saturated rings. The van der Waals surface area contributed by atoms with Crippen molar-refractivity contribution in [3.05, 3.63) is 76.7 Å². The maximum atomic E-state index is 12.7. The van der Waals surface area contributed by atoms with Gasteiger partial charge in [-0.05, 0) is 45.0 Å². The van der Waals surface area contributed by atoms with Crippen LogP contribution in [0.2, 0.25) is 0 Å². The summed E-state index contributed by atoms with van der Waals surface area (Å²) in [6.45, 7) is 5.12. The predicted octanol–water partition coefficient (Wildman–Crippen LogP) is 4.56. The molecule has 0 saturated heterocycles. The van der Waals surface area contributed by atoms with Gasteiger partial charge >= 0.3 is 11.9 Å². The van der Waals surface area contributed by atoms with Gasteiger partial charge in [0.2, 0.25) is 0 Å². The van der Waals surface area contributed by atoms with E-state index in [9.17, 15) is 14.4 Å². The molecule has 2 aromatic carbocycles. The summed E-state index contributed by atoms with van der Waals surface area (Å²) in [5.74, 6) is -0.419. The van der Waals surface area contributed by atoms with Crippen molar-refractivity contribution in [2.45, 2.75) is 31.4 Å². The van der Waals surface area contributed by atoms with Crippen molar-refractivity contribution >= 4 is 35.3 Å². The first-order valence-corrected chi connectivity index (χ1v) is 11.3. The number of rotatable bonds is 9. The highest BCUT2D eigenvalue weighted by molar-refractivity contribution is 7.98. The molecule has 3 aromatic rings.